The van der Waals surface area contributed by atoms with Gasteiger partial charge in [-0.25, -0.2) is 10.2 Å². The van der Waals surface area contributed by atoms with Gasteiger partial charge in [0.1, 0.15) is 5.69 Å². The largest absolute Gasteiger partial charge is 0.421 e. The number of halogens is 5. The number of nitro benzene ring substituents is 1. The summed E-state index contributed by atoms with van der Waals surface area (Å²) in [4.78, 5) is 39.7. The van der Waals surface area contributed by atoms with Crippen molar-refractivity contribution in [3.8, 4) is 16.9 Å². The number of aromatic nitrogens is 1. The number of hydrazone groups is 1. The van der Waals surface area contributed by atoms with Crippen LogP contribution >= 0.6 is 66.7 Å². The second kappa shape index (κ2) is 12.9. The molecule has 0 saturated heterocycles. The van der Waals surface area contributed by atoms with Crippen LogP contribution in [-0.2, 0) is 0 Å². The van der Waals surface area contributed by atoms with Crippen molar-refractivity contribution in [1.29, 1.82) is 0 Å². The number of carbonyl (C=O) groups is 2. The Morgan fingerprint density at radius 3 is 2.40 bits per heavy atom. The Balaban J connectivity index is 1.45. The van der Waals surface area contributed by atoms with E-state index in [0.29, 0.717) is 51.6 Å². The number of non-ortho nitro benzene ring substituents is 1. The predicted octanol–water partition coefficient (Wildman–Crippen LogP) is 9.21. The van der Waals surface area contributed by atoms with Gasteiger partial charge in [0, 0.05) is 54.2 Å². The molecular weight excluding hydrogens is 751 g/mol. The molecule has 0 aliphatic carbocycles. The summed E-state index contributed by atoms with van der Waals surface area (Å²) < 4.78 is 6.63. The number of ether oxygens (including phenoxy) is 1. The highest BCUT2D eigenvalue weighted by atomic mass is 79.9. The van der Waals surface area contributed by atoms with Crippen molar-refractivity contribution >= 4 is 101 Å². The van der Waals surface area contributed by atoms with Crippen molar-refractivity contribution < 1.29 is 19.2 Å². The topological polar surface area (TPSA) is 127 Å². The van der Waals surface area contributed by atoms with Crippen LogP contribution in [0.4, 0.5) is 5.69 Å². The van der Waals surface area contributed by atoms with Gasteiger partial charge in [-0.3, -0.25) is 14.9 Å². The van der Waals surface area contributed by atoms with Crippen LogP contribution in [0.15, 0.2) is 86.8 Å². The van der Waals surface area contributed by atoms with E-state index in [0.717, 1.165) is 0 Å². The van der Waals surface area contributed by atoms with Crippen molar-refractivity contribution in [3.05, 3.63) is 124 Å². The molecule has 216 valence electrons. The number of nitro groups is 1. The van der Waals surface area contributed by atoms with Crippen LogP contribution in [0.3, 0.4) is 0 Å². The van der Waals surface area contributed by atoms with Crippen LogP contribution in [-0.4, -0.2) is 28.0 Å². The van der Waals surface area contributed by atoms with Crippen LogP contribution in [0, 0.1) is 10.1 Å². The molecule has 0 atom stereocenters. The van der Waals surface area contributed by atoms with Gasteiger partial charge in [0.05, 0.1) is 26.2 Å². The summed E-state index contributed by atoms with van der Waals surface area (Å²) in [5.74, 6) is -1.25. The molecule has 5 rings (SSSR count). The third-order valence-corrected chi connectivity index (χ3v) is 7.99. The van der Waals surface area contributed by atoms with Crippen LogP contribution in [0.1, 0.15) is 26.4 Å². The number of rotatable bonds is 7. The highest BCUT2D eigenvalue weighted by Crippen LogP contribution is 2.41. The lowest BCUT2D eigenvalue weighted by Crippen LogP contribution is -2.19. The van der Waals surface area contributed by atoms with E-state index in [2.05, 4.69) is 47.4 Å². The summed E-state index contributed by atoms with van der Waals surface area (Å²) in [7, 11) is 0. The van der Waals surface area contributed by atoms with E-state index in [1.807, 2.05) is 0 Å². The van der Waals surface area contributed by atoms with Gasteiger partial charge in [0.2, 0.25) is 0 Å². The van der Waals surface area contributed by atoms with Crippen LogP contribution in [0.5, 0.6) is 5.75 Å². The van der Waals surface area contributed by atoms with Gasteiger partial charge in [-0.15, -0.1) is 0 Å². The number of carbonyl (C=O) groups excluding carboxylic acids is 2. The normalized spacial score (nSPS) is 11.2. The molecule has 0 radical (unpaired) electrons. The molecule has 2 N–H and O–H groups in total. The fourth-order valence-electron chi connectivity index (χ4n) is 4.22. The van der Waals surface area contributed by atoms with Crippen molar-refractivity contribution in [2.45, 2.75) is 0 Å². The van der Waals surface area contributed by atoms with Crippen LogP contribution < -0.4 is 10.2 Å². The molecule has 0 bridgehead atoms. The van der Waals surface area contributed by atoms with E-state index in [-0.39, 0.29) is 22.7 Å². The summed E-state index contributed by atoms with van der Waals surface area (Å²) >= 11 is 26.0. The van der Waals surface area contributed by atoms with Gasteiger partial charge in [0.25, 0.3) is 11.6 Å². The minimum absolute atomic E-state index is 0.0984. The molecule has 14 heteroatoms. The minimum atomic E-state index is -0.755. The number of hydrogen-bond acceptors (Lipinski definition) is 6. The van der Waals surface area contributed by atoms with Crippen molar-refractivity contribution in [1.82, 2.24) is 10.4 Å². The smallest absolute Gasteiger partial charge is 0.343 e. The van der Waals surface area contributed by atoms with Crippen molar-refractivity contribution in [2.75, 3.05) is 0 Å². The van der Waals surface area contributed by atoms with Crippen LogP contribution in [0.2, 0.25) is 15.1 Å². The number of aromatic amines is 1. The molecule has 9 nitrogen and oxygen atoms in total. The fourth-order valence-corrected chi connectivity index (χ4v) is 6.38. The molecule has 0 aliphatic heterocycles. The van der Waals surface area contributed by atoms with E-state index >= 15 is 0 Å². The molecule has 0 fully saturated rings. The first-order chi connectivity index (χ1) is 20.5. The Morgan fingerprint density at radius 2 is 1.70 bits per heavy atom. The average molecular weight is 766 g/mol. The Hall–Kier alpha value is -3.74. The van der Waals surface area contributed by atoms with Crippen molar-refractivity contribution in [3.63, 3.8) is 0 Å². The molecule has 0 spiro atoms. The molecular formula is C29H15Br2Cl3N4O5. The highest BCUT2D eigenvalue weighted by molar-refractivity contribution is 9.11. The number of H-pyrrole nitrogens is 1. The number of hydrogen-bond donors (Lipinski definition) is 2. The summed E-state index contributed by atoms with van der Waals surface area (Å²) in [6.45, 7) is 0. The monoisotopic (exact) mass is 762 g/mol. The zero-order chi connectivity index (χ0) is 30.8. The van der Waals surface area contributed by atoms with Gasteiger partial charge in [-0.05, 0) is 58.4 Å². The Morgan fingerprint density at radius 1 is 0.977 bits per heavy atom. The summed E-state index contributed by atoms with van der Waals surface area (Å²) in [5, 5.41) is 16.7. The summed E-state index contributed by atoms with van der Waals surface area (Å²) in [6.07, 6.45) is 1.30. The number of fused-ring (bicyclic) bond motifs is 1. The highest BCUT2D eigenvalue weighted by Gasteiger charge is 2.23. The average Bonchev–Trinajstić information content (AvgIpc) is 3.34. The number of nitrogens with zero attached hydrogens (tertiary/aromatic N) is 2. The molecule has 1 heterocycles. The molecule has 0 saturated carbocycles. The summed E-state index contributed by atoms with van der Waals surface area (Å²) in [5.41, 5.74) is 4.46. The van der Waals surface area contributed by atoms with Crippen LogP contribution in [0.25, 0.3) is 22.0 Å². The first-order valence-corrected chi connectivity index (χ1v) is 14.8. The maximum atomic E-state index is 13.4. The Kier molecular flexibility index (Phi) is 9.19. The van der Waals surface area contributed by atoms with Gasteiger partial charge < -0.3 is 9.72 Å². The lowest BCUT2D eigenvalue weighted by molar-refractivity contribution is -0.384. The minimum Gasteiger partial charge on any atom is -0.421 e. The summed E-state index contributed by atoms with van der Waals surface area (Å²) in [6, 6.07) is 18.5. The molecule has 43 heavy (non-hydrogen) atoms. The van der Waals surface area contributed by atoms with Gasteiger partial charge in [-0.2, -0.15) is 5.10 Å². The number of amides is 1. The van der Waals surface area contributed by atoms with Gasteiger partial charge in [-0.1, -0.05) is 68.9 Å². The van der Waals surface area contributed by atoms with Crippen molar-refractivity contribution in [2.24, 2.45) is 5.10 Å². The first kappa shape index (κ1) is 30.7. The van der Waals surface area contributed by atoms with E-state index in [4.69, 9.17) is 39.5 Å². The van der Waals surface area contributed by atoms with E-state index in [9.17, 15) is 19.7 Å². The molecule has 5 aromatic rings. The van der Waals surface area contributed by atoms with Gasteiger partial charge >= 0.3 is 5.97 Å². The zero-order valence-corrected chi connectivity index (χ0v) is 26.8. The zero-order valence-electron chi connectivity index (χ0n) is 21.3. The second-order valence-electron chi connectivity index (χ2n) is 8.86. The maximum absolute atomic E-state index is 13.4. The SMILES string of the molecule is O=C(Oc1c(Br)cc(Br)cc1C=NNC(=O)c1[nH]c2cc(Cl)cc(Cl)c2c1-c1ccccc1Cl)c1ccc([N+](=O)[O-])cc1. The molecule has 1 amide bonds. The lowest BCUT2D eigenvalue weighted by Gasteiger charge is -2.11. The van der Waals surface area contributed by atoms with E-state index in [1.165, 1.54) is 30.5 Å². The fraction of sp³-hybridized carbons (Fsp3) is 0. The third-order valence-electron chi connectivity index (χ3n) is 6.10. The quantitative estimate of drug-likeness (QED) is 0.0562. The second-order valence-corrected chi connectivity index (χ2v) is 11.9. The number of nitrogens with one attached hydrogen (secondary N) is 2. The molecule has 4 aromatic carbocycles. The number of benzene rings is 4. The third kappa shape index (κ3) is 6.61. The van der Waals surface area contributed by atoms with Gasteiger partial charge in [0.15, 0.2) is 5.75 Å². The van der Waals surface area contributed by atoms with E-state index < -0.39 is 16.8 Å². The Labute approximate surface area is 275 Å². The van der Waals surface area contributed by atoms with E-state index in [1.54, 1.807) is 48.5 Å². The molecule has 1 aromatic heterocycles. The number of esters is 1. The first-order valence-electron chi connectivity index (χ1n) is 12.1. The molecule has 0 aliphatic rings. The maximum Gasteiger partial charge on any atom is 0.343 e. The Bertz CT molecular complexity index is 1960. The standard InChI is InChI=1S/C29H15Br2Cl3N4O5/c30-16-9-15(27(20(31)10-16)43-29(40)14-5-7-18(8-6-14)38(41)42)13-35-37-28(39)26-24(19-3-1-2-4-21(19)33)25-22(34)11-17(32)12-23(25)36-26/h1-13,36H,(H,37,39). The molecule has 0 unspecified atom stereocenters. The lowest BCUT2D eigenvalue weighted by atomic mass is 10.0. The predicted molar refractivity (Wildman–Crippen MR) is 174 cm³/mol.